The number of rotatable bonds is 9. The summed E-state index contributed by atoms with van der Waals surface area (Å²) >= 11 is 0. The SMILES string of the molecule is CC=C(C)C(=O)O[C@@]1(C)CC=C2CSSC[C@H]3[C@@H](CNC)CN3C(=O)CC3CNC(N)CC3[C@H]2[C@@]12CC1CC3CC(C[C@H](CO)CCO)C(=O)OC3CC1O2. The van der Waals surface area contributed by atoms with Crippen LogP contribution in [0.2, 0.25) is 0 Å². The van der Waals surface area contributed by atoms with Gasteiger partial charge in [-0.3, -0.25) is 9.59 Å². The summed E-state index contributed by atoms with van der Waals surface area (Å²) in [6, 6.07) is 0.219. The Bertz CT molecular complexity index is 1500. The molecule has 308 valence electrons. The number of amides is 1. The summed E-state index contributed by atoms with van der Waals surface area (Å²) in [5, 5.41) is 26.3. The minimum Gasteiger partial charge on any atom is -0.462 e. The van der Waals surface area contributed by atoms with Gasteiger partial charge in [-0.1, -0.05) is 39.3 Å². The fourth-order valence-corrected chi connectivity index (χ4v) is 14.0. The van der Waals surface area contributed by atoms with Crippen LogP contribution in [-0.4, -0.2) is 120 Å². The second kappa shape index (κ2) is 17.3. The van der Waals surface area contributed by atoms with Crippen molar-refractivity contribution in [3.8, 4) is 0 Å². The number of nitrogens with one attached hydrogen (secondary N) is 2. The molecular formula is C41H64N4O8S2. The van der Waals surface area contributed by atoms with Gasteiger partial charge in [0.25, 0.3) is 0 Å². The molecule has 0 bridgehead atoms. The number of carbonyl (C=O) groups is 3. The van der Waals surface area contributed by atoms with Gasteiger partial charge in [-0.05, 0) is 95.9 Å². The van der Waals surface area contributed by atoms with Gasteiger partial charge in [0.1, 0.15) is 17.3 Å². The quantitative estimate of drug-likeness (QED) is 0.0995. The van der Waals surface area contributed by atoms with Crippen LogP contribution in [-0.2, 0) is 28.6 Å². The van der Waals surface area contributed by atoms with E-state index in [0.717, 1.165) is 31.0 Å². The summed E-state index contributed by atoms with van der Waals surface area (Å²) in [4.78, 5) is 43.4. The Morgan fingerprint density at radius 2 is 2.00 bits per heavy atom. The molecule has 5 saturated heterocycles. The van der Waals surface area contributed by atoms with Crippen molar-refractivity contribution in [2.75, 3.05) is 51.4 Å². The highest BCUT2D eigenvalue weighted by Gasteiger charge is 2.68. The number of carbonyl (C=O) groups excluding carboxylic acids is 3. The Balaban J connectivity index is 1.24. The molecule has 2 aliphatic carbocycles. The molecule has 7 aliphatic rings. The Morgan fingerprint density at radius 3 is 2.75 bits per heavy atom. The van der Waals surface area contributed by atoms with Crippen LogP contribution >= 0.6 is 21.6 Å². The molecule has 14 atom stereocenters. The van der Waals surface area contributed by atoms with E-state index in [0.29, 0.717) is 69.4 Å². The van der Waals surface area contributed by atoms with E-state index < -0.39 is 11.2 Å². The third-order valence-electron chi connectivity index (χ3n) is 14.6. The predicted octanol–water partition coefficient (Wildman–Crippen LogP) is 3.41. The molecule has 6 fully saturated rings. The summed E-state index contributed by atoms with van der Waals surface area (Å²) in [5.41, 5.74) is 6.72. The summed E-state index contributed by atoms with van der Waals surface area (Å²) in [6.45, 7) is 7.90. The molecule has 7 rings (SSSR count). The van der Waals surface area contributed by atoms with Crippen LogP contribution in [0, 0.1) is 47.3 Å². The molecule has 12 nitrogen and oxygen atoms in total. The summed E-state index contributed by atoms with van der Waals surface area (Å²) in [7, 11) is 5.67. The second-order valence-electron chi connectivity index (χ2n) is 17.9. The van der Waals surface area contributed by atoms with Crippen molar-refractivity contribution in [2.24, 2.45) is 53.1 Å². The lowest BCUT2D eigenvalue weighted by molar-refractivity contribution is -0.229. The number of piperidine rings is 1. The number of nitrogens with zero attached hydrogens (tertiary/aromatic N) is 1. The van der Waals surface area contributed by atoms with Crippen molar-refractivity contribution in [1.29, 1.82) is 0 Å². The maximum atomic E-state index is 14.2. The van der Waals surface area contributed by atoms with Gasteiger partial charge in [-0.25, -0.2) is 4.79 Å². The average Bonchev–Trinajstić information content (AvgIpc) is 3.52. The number of nitrogens with two attached hydrogens (primary N) is 1. The highest BCUT2D eigenvalue weighted by Crippen LogP contribution is 2.62. The van der Waals surface area contributed by atoms with E-state index in [1.807, 2.05) is 35.6 Å². The van der Waals surface area contributed by atoms with Gasteiger partial charge in [0.05, 0.1) is 18.2 Å². The number of ether oxygens (including phenoxy) is 3. The molecule has 8 unspecified atom stereocenters. The Kier molecular flexibility index (Phi) is 13.0. The van der Waals surface area contributed by atoms with Crippen molar-refractivity contribution in [3.63, 3.8) is 0 Å². The first-order valence-electron chi connectivity index (χ1n) is 20.8. The van der Waals surface area contributed by atoms with E-state index in [9.17, 15) is 24.6 Å². The van der Waals surface area contributed by atoms with Crippen LogP contribution in [0.4, 0.5) is 0 Å². The first-order valence-corrected chi connectivity index (χ1v) is 23.3. The molecule has 1 amide bonds. The molecule has 6 N–H and O–H groups in total. The fourth-order valence-electron chi connectivity index (χ4n) is 11.5. The topological polar surface area (TPSA) is 173 Å². The highest BCUT2D eigenvalue weighted by molar-refractivity contribution is 8.76. The Hall–Kier alpha value is -1.65. The Morgan fingerprint density at radius 1 is 1.18 bits per heavy atom. The largest absolute Gasteiger partial charge is 0.462 e. The minimum absolute atomic E-state index is 0.0111. The highest BCUT2D eigenvalue weighted by atomic mass is 33.1. The van der Waals surface area contributed by atoms with Gasteiger partial charge >= 0.3 is 11.9 Å². The first-order chi connectivity index (χ1) is 26.4. The van der Waals surface area contributed by atoms with Gasteiger partial charge in [0.2, 0.25) is 5.91 Å². The van der Waals surface area contributed by atoms with Crippen LogP contribution in [0.5, 0.6) is 0 Å². The number of hydrogen-bond acceptors (Lipinski definition) is 13. The van der Waals surface area contributed by atoms with E-state index in [1.54, 1.807) is 13.0 Å². The number of aliphatic hydroxyl groups excluding tert-OH is 2. The molecule has 0 aromatic rings. The zero-order valence-electron chi connectivity index (χ0n) is 33.1. The lowest BCUT2D eigenvalue weighted by Gasteiger charge is -2.57. The van der Waals surface area contributed by atoms with Crippen LogP contribution in [0.15, 0.2) is 23.3 Å². The van der Waals surface area contributed by atoms with E-state index in [2.05, 4.69) is 28.5 Å². The number of aliphatic hydroxyl groups is 2. The standard InChI is InChI=1S/C41H64N4O8S2/c1-5-23(2)38(49)53-40(3)8-6-25-21-54-55-22-32-30(17-43-4)19-45(32)36(48)13-29-18-44-35(42)14-31(29)37(25)41(40)16-28-12-26-11-27(10-24(20-47)7-9-46)39(50)51-33(26)15-34(28)52-41/h5-6,24,26-35,37,43-44,46-47H,7-22,42H2,1-4H3/t24-,26?,27?,28?,29?,30+,31?,32+,33?,34?,35?,37+,40+,41+/m1/s1. The minimum atomic E-state index is -0.996. The number of allylic oxidation sites excluding steroid dienone is 1. The van der Waals surface area contributed by atoms with Crippen LogP contribution in [0.25, 0.3) is 0 Å². The molecule has 1 saturated carbocycles. The smallest absolute Gasteiger partial charge is 0.334 e. The molecule has 1 spiro atoms. The van der Waals surface area contributed by atoms with Crippen molar-refractivity contribution < 1.29 is 38.8 Å². The number of hydrogen-bond donors (Lipinski definition) is 5. The van der Waals surface area contributed by atoms with E-state index in [1.165, 1.54) is 5.57 Å². The summed E-state index contributed by atoms with van der Waals surface area (Å²) < 4.78 is 20.4. The fraction of sp³-hybridized carbons (Fsp3) is 0.829. The van der Waals surface area contributed by atoms with Crippen LogP contribution < -0.4 is 16.4 Å². The predicted molar refractivity (Wildman–Crippen MR) is 213 cm³/mol. The molecule has 0 aromatic heterocycles. The molecule has 0 aromatic carbocycles. The third-order valence-corrected chi connectivity index (χ3v) is 17.0. The van der Waals surface area contributed by atoms with Gasteiger partial charge < -0.3 is 45.7 Å². The van der Waals surface area contributed by atoms with E-state index in [4.69, 9.17) is 19.9 Å². The van der Waals surface area contributed by atoms with Gasteiger partial charge in [0, 0.05) is 87.1 Å². The molecule has 5 aliphatic heterocycles. The van der Waals surface area contributed by atoms with Gasteiger partial charge in [-0.2, -0.15) is 0 Å². The number of fused-ring (bicyclic) bond motifs is 7. The normalized spacial score (nSPS) is 42.5. The molecule has 55 heavy (non-hydrogen) atoms. The molecule has 14 heteroatoms. The van der Waals surface area contributed by atoms with Crippen LogP contribution in [0.1, 0.15) is 78.6 Å². The van der Waals surface area contributed by atoms with Gasteiger partial charge in [-0.15, -0.1) is 0 Å². The zero-order chi connectivity index (χ0) is 39.1. The van der Waals surface area contributed by atoms with Crippen LogP contribution in [0.3, 0.4) is 0 Å². The summed E-state index contributed by atoms with van der Waals surface area (Å²) in [6.07, 6.45) is 8.79. The molecule has 5 heterocycles. The van der Waals surface area contributed by atoms with Gasteiger partial charge in [0.15, 0.2) is 0 Å². The monoisotopic (exact) mass is 804 g/mol. The molecule has 0 radical (unpaired) electrons. The lowest BCUT2D eigenvalue weighted by atomic mass is 9.56. The third kappa shape index (κ3) is 8.06. The van der Waals surface area contributed by atoms with E-state index in [-0.39, 0.29) is 96.9 Å². The van der Waals surface area contributed by atoms with Crippen molar-refractivity contribution in [1.82, 2.24) is 15.5 Å². The van der Waals surface area contributed by atoms with Crippen molar-refractivity contribution in [3.05, 3.63) is 23.3 Å². The first kappa shape index (κ1) is 41.5. The molecular weight excluding hydrogens is 741 g/mol. The second-order valence-corrected chi connectivity index (χ2v) is 20.4. The Labute approximate surface area is 334 Å². The number of esters is 2. The average molecular weight is 805 g/mol. The van der Waals surface area contributed by atoms with Crippen molar-refractivity contribution in [2.45, 2.75) is 114 Å². The zero-order valence-corrected chi connectivity index (χ0v) is 34.7. The maximum Gasteiger partial charge on any atom is 0.334 e. The maximum absolute atomic E-state index is 14.2. The van der Waals surface area contributed by atoms with Crippen molar-refractivity contribution >= 4 is 39.4 Å². The van der Waals surface area contributed by atoms with E-state index >= 15 is 0 Å². The lowest BCUT2D eigenvalue weighted by Crippen LogP contribution is -2.66. The summed E-state index contributed by atoms with van der Waals surface area (Å²) in [5.74, 6) is 1.51.